The van der Waals surface area contributed by atoms with Crippen molar-refractivity contribution in [2.24, 2.45) is 0 Å². The Balaban J connectivity index is 1.79. The van der Waals surface area contributed by atoms with Crippen LogP contribution in [-0.2, 0) is 6.42 Å². The maximum absolute atomic E-state index is 4.64. The lowest BCUT2D eigenvalue weighted by Gasteiger charge is -2.15. The van der Waals surface area contributed by atoms with Gasteiger partial charge in [0.2, 0.25) is 0 Å². The highest BCUT2D eigenvalue weighted by Crippen LogP contribution is 2.27. The molecule has 1 aliphatic rings. The van der Waals surface area contributed by atoms with Crippen molar-refractivity contribution in [3.63, 3.8) is 0 Å². The molecule has 1 aliphatic carbocycles. The third-order valence-corrected chi connectivity index (χ3v) is 4.05. The molecule has 0 unspecified atom stereocenters. The first-order valence-corrected chi connectivity index (χ1v) is 8.20. The molecule has 1 aromatic heterocycles. The van der Waals surface area contributed by atoms with Crippen LogP contribution in [0.4, 0.5) is 5.69 Å². The van der Waals surface area contributed by atoms with E-state index in [4.69, 9.17) is 0 Å². The Morgan fingerprint density at radius 2 is 2.09 bits per heavy atom. The molecule has 1 N–H and O–H groups in total. The van der Waals surface area contributed by atoms with Crippen molar-refractivity contribution in [3.05, 3.63) is 83.8 Å². The first-order valence-electron chi connectivity index (χ1n) is 8.20. The number of allylic oxidation sites excluding steroid dienone is 4. The van der Waals surface area contributed by atoms with Crippen LogP contribution in [0.1, 0.15) is 36.6 Å². The third kappa shape index (κ3) is 3.78. The smallest absolute Gasteiger partial charge is 0.0699 e. The molecule has 0 bridgehead atoms. The molecule has 3 rings (SSSR count). The van der Waals surface area contributed by atoms with E-state index < -0.39 is 0 Å². The number of nitrogens with one attached hydrogen (secondary N) is 1. The van der Waals surface area contributed by atoms with Gasteiger partial charge in [-0.25, -0.2) is 0 Å². The molecule has 0 aliphatic heterocycles. The molecule has 2 aromatic rings. The van der Waals surface area contributed by atoms with Gasteiger partial charge < -0.3 is 5.32 Å². The van der Waals surface area contributed by atoms with E-state index in [9.17, 15) is 0 Å². The second kappa shape index (κ2) is 7.59. The molecule has 23 heavy (non-hydrogen) atoms. The van der Waals surface area contributed by atoms with Crippen LogP contribution in [0.3, 0.4) is 0 Å². The number of pyridine rings is 1. The summed E-state index contributed by atoms with van der Waals surface area (Å²) in [7, 11) is 0. The van der Waals surface area contributed by atoms with Crippen molar-refractivity contribution in [2.75, 3.05) is 5.32 Å². The largest absolute Gasteiger partial charge is 0.362 e. The summed E-state index contributed by atoms with van der Waals surface area (Å²) >= 11 is 0. The Hall–Kier alpha value is -2.61. The van der Waals surface area contributed by atoms with E-state index in [1.165, 1.54) is 16.7 Å². The number of benzene rings is 1. The summed E-state index contributed by atoms with van der Waals surface area (Å²) in [5.74, 6) is 0. The number of fused-ring (bicyclic) bond motifs is 1. The van der Waals surface area contributed by atoms with E-state index in [1.807, 2.05) is 30.6 Å². The minimum Gasteiger partial charge on any atom is -0.362 e. The van der Waals surface area contributed by atoms with Gasteiger partial charge in [0.05, 0.1) is 5.69 Å². The molecule has 2 heteroatoms. The predicted molar refractivity (Wildman–Crippen MR) is 99.1 cm³/mol. The van der Waals surface area contributed by atoms with Crippen molar-refractivity contribution < 1.29 is 0 Å². The zero-order chi connectivity index (χ0) is 15.9. The van der Waals surface area contributed by atoms with Gasteiger partial charge in [-0.3, -0.25) is 4.98 Å². The third-order valence-electron chi connectivity index (χ3n) is 4.05. The maximum Gasteiger partial charge on any atom is 0.0699 e. The number of rotatable bonds is 5. The number of hydrogen-bond acceptors (Lipinski definition) is 2. The molecular weight excluding hydrogens is 280 g/mol. The number of anilines is 1. The van der Waals surface area contributed by atoms with Crippen LogP contribution < -0.4 is 5.32 Å². The molecule has 0 amide bonds. The molecular formula is C21H22N2. The van der Waals surface area contributed by atoms with Gasteiger partial charge in [-0.05, 0) is 60.2 Å². The van der Waals surface area contributed by atoms with E-state index in [0.29, 0.717) is 0 Å². The number of para-hydroxylation sites is 1. The zero-order valence-corrected chi connectivity index (χ0v) is 13.5. The summed E-state index contributed by atoms with van der Waals surface area (Å²) in [6, 6.07) is 12.3. The molecule has 1 aromatic carbocycles. The Kier molecular flexibility index (Phi) is 5.05. The summed E-state index contributed by atoms with van der Waals surface area (Å²) < 4.78 is 0. The average molecular weight is 302 g/mol. The highest BCUT2D eigenvalue weighted by molar-refractivity contribution is 5.71. The van der Waals surface area contributed by atoms with E-state index in [1.54, 1.807) is 0 Å². The van der Waals surface area contributed by atoms with Crippen LogP contribution in [0.15, 0.2) is 67.0 Å². The van der Waals surface area contributed by atoms with Crippen LogP contribution in [0, 0.1) is 0 Å². The molecule has 2 nitrogen and oxygen atoms in total. The summed E-state index contributed by atoms with van der Waals surface area (Å²) in [5, 5.41) is 3.28. The van der Waals surface area contributed by atoms with E-state index in [-0.39, 0.29) is 0 Å². The second-order valence-electron chi connectivity index (χ2n) is 5.58. The van der Waals surface area contributed by atoms with Crippen molar-refractivity contribution in [2.45, 2.75) is 26.2 Å². The van der Waals surface area contributed by atoms with E-state index in [2.05, 4.69) is 59.7 Å². The Bertz CT molecular complexity index is 740. The Morgan fingerprint density at radius 3 is 2.91 bits per heavy atom. The lowest BCUT2D eigenvalue weighted by Crippen LogP contribution is -2.02. The van der Waals surface area contributed by atoms with E-state index >= 15 is 0 Å². The number of aromatic nitrogens is 1. The highest BCUT2D eigenvalue weighted by Gasteiger charge is 2.12. The van der Waals surface area contributed by atoms with Crippen LogP contribution in [0.25, 0.3) is 11.6 Å². The normalized spacial score (nSPS) is 14.0. The number of hydrogen-bond donors (Lipinski definition) is 1. The molecule has 0 atom stereocenters. The van der Waals surface area contributed by atoms with Gasteiger partial charge in [0.15, 0.2) is 0 Å². The van der Waals surface area contributed by atoms with Gasteiger partial charge in [-0.1, -0.05) is 43.4 Å². The minimum absolute atomic E-state index is 0.975. The Morgan fingerprint density at radius 1 is 1.22 bits per heavy atom. The number of nitrogens with zero attached hydrogens (tertiary/aromatic N) is 1. The van der Waals surface area contributed by atoms with Gasteiger partial charge in [0.25, 0.3) is 0 Å². The SMILES string of the molecule is CC/C(=C\C=C\Nc1ccccc1)c1nccc2c1CCC=C2. The van der Waals surface area contributed by atoms with Crippen LogP contribution in [-0.4, -0.2) is 4.98 Å². The van der Waals surface area contributed by atoms with Crippen molar-refractivity contribution in [3.8, 4) is 0 Å². The second-order valence-corrected chi connectivity index (χ2v) is 5.58. The summed E-state index contributed by atoms with van der Waals surface area (Å²) in [6.07, 6.45) is 15.7. The van der Waals surface area contributed by atoms with Gasteiger partial charge in [-0.15, -0.1) is 0 Å². The Labute approximate surface area is 138 Å². The molecule has 0 saturated carbocycles. The van der Waals surface area contributed by atoms with Crippen LogP contribution in [0.2, 0.25) is 0 Å². The van der Waals surface area contributed by atoms with Crippen LogP contribution in [0.5, 0.6) is 0 Å². The summed E-state index contributed by atoms with van der Waals surface area (Å²) in [6.45, 7) is 2.18. The monoisotopic (exact) mass is 302 g/mol. The molecule has 0 radical (unpaired) electrons. The van der Waals surface area contributed by atoms with Crippen LogP contribution >= 0.6 is 0 Å². The fourth-order valence-electron chi connectivity index (χ4n) is 2.85. The summed E-state index contributed by atoms with van der Waals surface area (Å²) in [5.41, 5.74) is 6.22. The quantitative estimate of drug-likeness (QED) is 0.742. The van der Waals surface area contributed by atoms with Crippen molar-refractivity contribution >= 4 is 17.3 Å². The van der Waals surface area contributed by atoms with Gasteiger partial charge >= 0.3 is 0 Å². The topological polar surface area (TPSA) is 24.9 Å². The summed E-state index contributed by atoms with van der Waals surface area (Å²) in [4.78, 5) is 4.64. The van der Waals surface area contributed by atoms with Gasteiger partial charge in [-0.2, -0.15) is 0 Å². The molecule has 0 saturated heterocycles. The van der Waals surface area contributed by atoms with Crippen molar-refractivity contribution in [1.29, 1.82) is 0 Å². The minimum atomic E-state index is 0.975. The fourth-order valence-corrected chi connectivity index (χ4v) is 2.85. The fraction of sp³-hybridized carbons (Fsp3) is 0.190. The highest BCUT2D eigenvalue weighted by atomic mass is 14.8. The molecule has 0 spiro atoms. The molecule has 116 valence electrons. The lowest BCUT2D eigenvalue weighted by atomic mass is 9.92. The maximum atomic E-state index is 4.64. The van der Waals surface area contributed by atoms with Crippen molar-refractivity contribution in [1.82, 2.24) is 4.98 Å². The first kappa shape index (κ1) is 15.3. The van der Waals surface area contributed by atoms with Gasteiger partial charge in [0.1, 0.15) is 0 Å². The van der Waals surface area contributed by atoms with E-state index in [0.717, 1.165) is 30.6 Å². The van der Waals surface area contributed by atoms with Gasteiger partial charge in [0, 0.05) is 18.1 Å². The zero-order valence-electron chi connectivity index (χ0n) is 13.5. The molecule has 1 heterocycles. The average Bonchev–Trinajstić information content (AvgIpc) is 2.62. The first-order chi connectivity index (χ1) is 11.4. The molecule has 0 fully saturated rings. The standard InChI is InChI=1S/C21H22N2/c1-2-17(10-8-15-22-19-11-4-3-5-12-19)21-20-13-7-6-9-18(20)14-16-23-21/h3-6,8-12,14-16,22H,2,7,13H2,1H3/b15-8+,17-10+. The lowest BCUT2D eigenvalue weighted by molar-refractivity contribution is 0.956. The predicted octanol–water partition coefficient (Wildman–Crippen LogP) is 5.46.